The number of likely N-dealkylation sites (N-methyl/N-ethyl adjacent to an activating group) is 1. The van der Waals surface area contributed by atoms with E-state index in [1.54, 1.807) is 19.2 Å². The molecule has 1 aliphatic carbocycles. The second kappa shape index (κ2) is 15.1. The number of halogens is 1. The van der Waals surface area contributed by atoms with Crippen molar-refractivity contribution in [3.8, 4) is 11.1 Å². The molecule has 2 aliphatic rings. The van der Waals surface area contributed by atoms with Crippen molar-refractivity contribution in [3.05, 3.63) is 94.5 Å². The minimum Gasteiger partial charge on any atom is -0.465 e. The third kappa shape index (κ3) is 7.58. The maximum absolute atomic E-state index is 14.0. The van der Waals surface area contributed by atoms with Gasteiger partial charge in [-0.15, -0.1) is 0 Å². The summed E-state index contributed by atoms with van der Waals surface area (Å²) in [6, 6.07) is 21.1. The molecule has 4 amide bonds. The molecule has 0 bridgehead atoms. The first kappa shape index (κ1) is 34.7. The number of alkyl carbamates (subject to hydrolysis) is 1. The smallest absolute Gasteiger partial charge is 0.407 e. The summed E-state index contributed by atoms with van der Waals surface area (Å²) in [6.45, 7) is 1.92. The molecule has 0 saturated carbocycles. The van der Waals surface area contributed by atoms with Crippen molar-refractivity contribution < 1.29 is 33.8 Å². The number of ether oxygens (including phenoxy) is 2. The molecular formula is C36H41ClN4O7. The number of hydrogen-bond acceptors (Lipinski definition) is 6. The Morgan fingerprint density at radius 1 is 1.00 bits per heavy atom. The predicted molar refractivity (Wildman–Crippen MR) is 181 cm³/mol. The maximum Gasteiger partial charge on any atom is 0.407 e. The van der Waals surface area contributed by atoms with Crippen molar-refractivity contribution in [1.29, 1.82) is 0 Å². The highest BCUT2D eigenvalue weighted by atomic mass is 35.5. The van der Waals surface area contributed by atoms with Gasteiger partial charge in [-0.05, 0) is 66.1 Å². The monoisotopic (exact) mass is 676 g/mol. The van der Waals surface area contributed by atoms with Crippen molar-refractivity contribution in [3.63, 3.8) is 0 Å². The number of methoxy groups -OCH3 is 1. The van der Waals surface area contributed by atoms with Gasteiger partial charge in [0, 0.05) is 38.2 Å². The van der Waals surface area contributed by atoms with Crippen molar-refractivity contribution >= 4 is 35.6 Å². The minimum absolute atomic E-state index is 0.0901. The number of nitrogens with zero attached hydrogens (tertiary/aromatic N) is 2. The first-order chi connectivity index (χ1) is 23.0. The lowest BCUT2D eigenvalue weighted by Gasteiger charge is -2.48. The Kier molecular flexibility index (Phi) is 10.9. The average Bonchev–Trinajstić information content (AvgIpc) is 3.41. The van der Waals surface area contributed by atoms with Crippen LogP contribution in [0.1, 0.15) is 42.4 Å². The van der Waals surface area contributed by atoms with E-state index in [-0.39, 0.29) is 25.7 Å². The summed E-state index contributed by atoms with van der Waals surface area (Å²) in [5.74, 6) is -1.18. The minimum atomic E-state index is -1.10. The molecule has 0 radical (unpaired) electrons. The van der Waals surface area contributed by atoms with E-state index in [2.05, 4.69) is 10.6 Å². The van der Waals surface area contributed by atoms with Gasteiger partial charge >= 0.3 is 12.2 Å². The molecule has 12 heteroatoms. The second-order valence-corrected chi connectivity index (χ2v) is 12.9. The summed E-state index contributed by atoms with van der Waals surface area (Å²) in [6.07, 6.45) is -0.339. The van der Waals surface area contributed by atoms with Crippen LogP contribution in [-0.2, 0) is 25.5 Å². The normalized spacial score (nSPS) is 18.2. The van der Waals surface area contributed by atoms with Crippen LogP contribution < -0.4 is 10.6 Å². The number of carbonyl (C=O) groups is 4. The molecule has 0 aromatic heterocycles. The van der Waals surface area contributed by atoms with E-state index in [1.807, 2.05) is 60.7 Å². The molecule has 254 valence electrons. The van der Waals surface area contributed by atoms with Crippen molar-refractivity contribution in [1.82, 2.24) is 20.4 Å². The van der Waals surface area contributed by atoms with E-state index < -0.39 is 41.6 Å². The largest absolute Gasteiger partial charge is 0.465 e. The number of piperidine rings is 1. The molecule has 48 heavy (non-hydrogen) atoms. The third-order valence-electron chi connectivity index (χ3n) is 9.33. The van der Waals surface area contributed by atoms with Crippen LogP contribution in [0, 0.1) is 0 Å². The van der Waals surface area contributed by atoms with E-state index in [9.17, 15) is 24.3 Å². The number of hydrogen-bond donors (Lipinski definition) is 3. The summed E-state index contributed by atoms with van der Waals surface area (Å²) in [4.78, 5) is 55.0. The van der Waals surface area contributed by atoms with Crippen molar-refractivity contribution in [2.24, 2.45) is 0 Å². The Hall–Kier alpha value is -4.61. The van der Waals surface area contributed by atoms with E-state index in [1.165, 1.54) is 23.8 Å². The predicted octanol–water partition coefficient (Wildman–Crippen LogP) is 4.91. The fourth-order valence-electron chi connectivity index (χ4n) is 6.78. The number of carboxylic acid groups (broad SMARTS) is 1. The van der Waals surface area contributed by atoms with Gasteiger partial charge in [0.15, 0.2) is 0 Å². The van der Waals surface area contributed by atoms with Gasteiger partial charge in [0.05, 0.1) is 12.1 Å². The molecule has 1 aliphatic heterocycles. The summed E-state index contributed by atoms with van der Waals surface area (Å²) in [7, 11) is 3.04. The van der Waals surface area contributed by atoms with Gasteiger partial charge in [-0.3, -0.25) is 9.59 Å². The molecule has 1 unspecified atom stereocenters. The fourth-order valence-corrected chi connectivity index (χ4v) is 6.91. The van der Waals surface area contributed by atoms with Gasteiger partial charge in [0.1, 0.15) is 18.7 Å². The number of amides is 4. The first-order valence-corrected chi connectivity index (χ1v) is 16.3. The average molecular weight is 677 g/mol. The van der Waals surface area contributed by atoms with Gasteiger partial charge in [-0.25, -0.2) is 9.59 Å². The van der Waals surface area contributed by atoms with E-state index in [0.717, 1.165) is 27.8 Å². The van der Waals surface area contributed by atoms with Crippen molar-refractivity contribution in [2.45, 2.75) is 49.7 Å². The number of fused-ring (bicyclic) bond motifs is 3. The van der Waals surface area contributed by atoms with E-state index in [0.29, 0.717) is 30.8 Å². The highest BCUT2D eigenvalue weighted by Crippen LogP contribution is 2.44. The number of carbonyl (C=O) groups excluding carboxylic acids is 3. The zero-order valence-electron chi connectivity index (χ0n) is 27.3. The molecule has 3 aromatic carbocycles. The zero-order chi connectivity index (χ0) is 34.4. The van der Waals surface area contributed by atoms with Crippen LogP contribution in [0.25, 0.3) is 11.1 Å². The number of benzene rings is 3. The van der Waals surface area contributed by atoms with Gasteiger partial charge in [0.2, 0.25) is 11.8 Å². The van der Waals surface area contributed by atoms with E-state index in [4.69, 9.17) is 21.1 Å². The molecule has 3 aromatic rings. The number of nitrogens with one attached hydrogen (secondary N) is 2. The molecule has 3 N–H and O–H groups in total. The molecular weight excluding hydrogens is 636 g/mol. The summed E-state index contributed by atoms with van der Waals surface area (Å²) < 4.78 is 10.9. The third-order valence-corrected chi connectivity index (χ3v) is 9.59. The van der Waals surface area contributed by atoms with Gasteiger partial charge in [-0.1, -0.05) is 72.3 Å². The van der Waals surface area contributed by atoms with Crippen LogP contribution >= 0.6 is 11.6 Å². The van der Waals surface area contributed by atoms with Crippen LogP contribution in [0.15, 0.2) is 72.8 Å². The molecule has 1 fully saturated rings. The van der Waals surface area contributed by atoms with Gasteiger partial charge in [0.25, 0.3) is 0 Å². The molecule has 1 saturated heterocycles. The molecule has 1 heterocycles. The fraction of sp³-hybridized carbons (Fsp3) is 0.389. The quantitative estimate of drug-likeness (QED) is 0.262. The SMILES string of the molecule is COC[C@H](NC(=O)[C@H](C)NC(=O)OCC1c2ccccc2-c2ccccc21)C(=O)N(C)C1(Cc2ccc(Cl)cc2)CCCN(C(=O)O)C1. The number of likely N-dealkylation sites (tertiary alicyclic amines) is 1. The summed E-state index contributed by atoms with van der Waals surface area (Å²) in [5.41, 5.74) is 4.35. The second-order valence-electron chi connectivity index (χ2n) is 12.4. The van der Waals surface area contributed by atoms with Crippen LogP contribution in [0.2, 0.25) is 5.02 Å². The maximum atomic E-state index is 14.0. The molecule has 11 nitrogen and oxygen atoms in total. The van der Waals surface area contributed by atoms with Gasteiger partial charge < -0.3 is 35.0 Å². The number of rotatable bonds is 11. The Balaban J connectivity index is 1.23. The Morgan fingerprint density at radius 2 is 1.62 bits per heavy atom. The van der Waals surface area contributed by atoms with Crippen LogP contribution in [0.4, 0.5) is 9.59 Å². The topological polar surface area (TPSA) is 138 Å². The Morgan fingerprint density at radius 3 is 2.23 bits per heavy atom. The lowest BCUT2D eigenvalue weighted by atomic mass is 9.81. The Bertz CT molecular complexity index is 1610. The summed E-state index contributed by atoms with van der Waals surface area (Å²) >= 11 is 6.09. The zero-order valence-corrected chi connectivity index (χ0v) is 28.0. The van der Waals surface area contributed by atoms with Crippen LogP contribution in [-0.4, -0.2) is 97.0 Å². The van der Waals surface area contributed by atoms with Crippen LogP contribution in [0.5, 0.6) is 0 Å². The summed E-state index contributed by atoms with van der Waals surface area (Å²) in [5, 5.41) is 15.7. The highest BCUT2D eigenvalue weighted by molar-refractivity contribution is 6.30. The molecule has 0 spiro atoms. The molecule has 5 rings (SSSR count). The van der Waals surface area contributed by atoms with Gasteiger partial charge in [-0.2, -0.15) is 0 Å². The van der Waals surface area contributed by atoms with Crippen molar-refractivity contribution in [2.75, 3.05) is 40.5 Å². The standard InChI is InChI=1S/C36H41ClN4O7/c1-23(38-34(44)48-20-30-28-11-6-4-9-26(28)27-10-5-7-12-29(27)30)32(42)39-31(21-47-3)33(43)40(2)36(17-8-18-41(22-36)35(45)46)19-24-13-15-25(37)16-14-24/h4-7,9-16,23,30-31H,8,17-22H2,1-3H3,(H,38,44)(H,39,42)(H,45,46)/t23-,31-,36?/m0/s1. The Labute approximate surface area is 285 Å². The van der Waals surface area contributed by atoms with Crippen LogP contribution in [0.3, 0.4) is 0 Å². The lowest BCUT2D eigenvalue weighted by molar-refractivity contribution is -0.144. The highest BCUT2D eigenvalue weighted by Gasteiger charge is 2.44. The lowest BCUT2D eigenvalue weighted by Crippen LogP contribution is -2.65. The first-order valence-electron chi connectivity index (χ1n) is 15.9. The molecule has 3 atom stereocenters. The van der Waals surface area contributed by atoms with E-state index >= 15 is 0 Å².